The number of H-pyrrole nitrogens is 1. The van der Waals surface area contributed by atoms with Crippen LogP contribution in [0.2, 0.25) is 0 Å². The van der Waals surface area contributed by atoms with Gasteiger partial charge in [0, 0.05) is 31.1 Å². The molecule has 1 aromatic carbocycles. The molecule has 3 N–H and O–H groups in total. The Labute approximate surface area is 137 Å². The van der Waals surface area contributed by atoms with Gasteiger partial charge in [-0.25, -0.2) is 14.4 Å². The second-order valence-corrected chi connectivity index (χ2v) is 5.40. The minimum Gasteiger partial charge on any atom is -0.386 e. The van der Waals surface area contributed by atoms with E-state index in [0.717, 1.165) is 5.52 Å². The number of halogens is 1. The van der Waals surface area contributed by atoms with E-state index in [2.05, 4.69) is 20.3 Å². The number of aromatic nitrogens is 3. The van der Waals surface area contributed by atoms with Crippen molar-refractivity contribution in [3.8, 4) is 0 Å². The molecule has 0 radical (unpaired) electrons. The van der Waals surface area contributed by atoms with Crippen molar-refractivity contribution < 1.29 is 14.3 Å². The van der Waals surface area contributed by atoms with Gasteiger partial charge in [0.25, 0.3) is 0 Å². The van der Waals surface area contributed by atoms with Gasteiger partial charge in [0.2, 0.25) is 5.91 Å². The molecule has 0 saturated heterocycles. The Morgan fingerprint density at radius 2 is 2.12 bits per heavy atom. The number of aliphatic hydroxyl groups excluding tert-OH is 1. The number of amides is 1. The summed E-state index contributed by atoms with van der Waals surface area (Å²) in [4.78, 5) is 23.4. The average Bonchev–Trinajstić information content (AvgIpc) is 3.01. The van der Waals surface area contributed by atoms with Crippen LogP contribution >= 0.6 is 0 Å². The van der Waals surface area contributed by atoms with Crippen LogP contribution in [-0.2, 0) is 11.2 Å². The number of rotatable bonds is 6. The normalized spacial score (nSPS) is 12.2. The molecule has 1 amide bonds. The van der Waals surface area contributed by atoms with Crippen molar-refractivity contribution in [2.75, 3.05) is 6.54 Å². The third-order valence-electron chi connectivity index (χ3n) is 3.65. The van der Waals surface area contributed by atoms with Crippen molar-refractivity contribution in [1.29, 1.82) is 0 Å². The number of imidazole rings is 1. The van der Waals surface area contributed by atoms with E-state index in [9.17, 15) is 14.3 Å². The zero-order valence-electron chi connectivity index (χ0n) is 12.9. The van der Waals surface area contributed by atoms with E-state index in [1.807, 2.05) is 6.07 Å². The SMILES string of the molecule is O=C(CCc1nc2ncccc2[nH]1)NCC(O)c1ccccc1F. The summed E-state index contributed by atoms with van der Waals surface area (Å²) in [5.41, 5.74) is 1.60. The van der Waals surface area contributed by atoms with Gasteiger partial charge in [-0.2, -0.15) is 0 Å². The lowest BCUT2D eigenvalue weighted by atomic mass is 10.1. The molecule has 1 unspecified atom stereocenters. The Morgan fingerprint density at radius 3 is 2.92 bits per heavy atom. The maximum absolute atomic E-state index is 13.5. The highest BCUT2D eigenvalue weighted by atomic mass is 19.1. The number of benzene rings is 1. The van der Waals surface area contributed by atoms with Gasteiger partial charge < -0.3 is 15.4 Å². The van der Waals surface area contributed by atoms with E-state index in [0.29, 0.717) is 17.9 Å². The second-order valence-electron chi connectivity index (χ2n) is 5.40. The molecular weight excluding hydrogens is 311 g/mol. The molecular formula is C17H17FN4O2. The molecule has 24 heavy (non-hydrogen) atoms. The molecule has 1 atom stereocenters. The lowest BCUT2D eigenvalue weighted by Crippen LogP contribution is -2.28. The lowest BCUT2D eigenvalue weighted by molar-refractivity contribution is -0.121. The summed E-state index contributed by atoms with van der Waals surface area (Å²) in [5, 5.41) is 12.5. The molecule has 0 aliphatic rings. The second kappa shape index (κ2) is 7.18. The van der Waals surface area contributed by atoms with Crippen molar-refractivity contribution in [3.05, 3.63) is 59.8 Å². The average molecular weight is 328 g/mol. The number of carbonyl (C=O) groups is 1. The van der Waals surface area contributed by atoms with Crippen molar-refractivity contribution >= 4 is 17.1 Å². The fourth-order valence-corrected chi connectivity index (χ4v) is 2.40. The van der Waals surface area contributed by atoms with Crippen molar-refractivity contribution in [2.24, 2.45) is 0 Å². The molecule has 3 aromatic rings. The molecule has 3 rings (SSSR count). The van der Waals surface area contributed by atoms with Crippen LogP contribution in [0.3, 0.4) is 0 Å². The van der Waals surface area contributed by atoms with E-state index in [4.69, 9.17) is 0 Å². The van der Waals surface area contributed by atoms with Gasteiger partial charge in [0.15, 0.2) is 5.65 Å². The maximum Gasteiger partial charge on any atom is 0.220 e. The topological polar surface area (TPSA) is 90.9 Å². The van der Waals surface area contributed by atoms with Crippen LogP contribution in [0, 0.1) is 5.82 Å². The van der Waals surface area contributed by atoms with Crippen molar-refractivity contribution in [1.82, 2.24) is 20.3 Å². The summed E-state index contributed by atoms with van der Waals surface area (Å²) in [7, 11) is 0. The quantitative estimate of drug-likeness (QED) is 0.644. The first-order chi connectivity index (χ1) is 11.6. The highest BCUT2D eigenvalue weighted by molar-refractivity contribution is 5.76. The zero-order chi connectivity index (χ0) is 16.9. The maximum atomic E-state index is 13.5. The van der Waals surface area contributed by atoms with Gasteiger partial charge in [0.1, 0.15) is 11.6 Å². The van der Waals surface area contributed by atoms with Crippen molar-refractivity contribution in [3.63, 3.8) is 0 Å². The van der Waals surface area contributed by atoms with E-state index in [1.165, 1.54) is 12.1 Å². The minimum absolute atomic E-state index is 0.0402. The van der Waals surface area contributed by atoms with Gasteiger partial charge in [-0.1, -0.05) is 18.2 Å². The standard InChI is InChI=1S/C17H17FN4O2/c18-12-5-2-1-4-11(12)14(23)10-20-16(24)8-7-15-21-13-6-3-9-19-17(13)22-15/h1-6,9,14,23H,7-8,10H2,(H,20,24)(H,19,21,22). The van der Waals surface area contributed by atoms with Crippen LogP contribution < -0.4 is 5.32 Å². The number of aliphatic hydroxyl groups is 1. The highest BCUT2D eigenvalue weighted by Crippen LogP contribution is 2.15. The minimum atomic E-state index is -1.08. The number of carbonyl (C=O) groups excluding carboxylic acids is 1. The molecule has 124 valence electrons. The van der Waals surface area contributed by atoms with Crippen LogP contribution in [0.5, 0.6) is 0 Å². The number of nitrogens with one attached hydrogen (secondary N) is 2. The van der Waals surface area contributed by atoms with Gasteiger partial charge >= 0.3 is 0 Å². The molecule has 0 fully saturated rings. The molecule has 6 nitrogen and oxygen atoms in total. The van der Waals surface area contributed by atoms with E-state index < -0.39 is 11.9 Å². The van der Waals surface area contributed by atoms with E-state index in [-0.39, 0.29) is 24.4 Å². The number of aryl methyl sites for hydroxylation is 1. The summed E-state index contributed by atoms with van der Waals surface area (Å²) in [6.45, 7) is -0.0402. The van der Waals surface area contributed by atoms with Crippen LogP contribution in [0.25, 0.3) is 11.2 Å². The molecule has 0 aliphatic carbocycles. The number of nitrogens with zero attached hydrogens (tertiary/aromatic N) is 2. The van der Waals surface area contributed by atoms with E-state index >= 15 is 0 Å². The molecule has 7 heteroatoms. The first-order valence-electron chi connectivity index (χ1n) is 7.62. The fourth-order valence-electron chi connectivity index (χ4n) is 2.40. The number of pyridine rings is 1. The van der Waals surface area contributed by atoms with Crippen LogP contribution in [0.1, 0.15) is 23.9 Å². The monoisotopic (exact) mass is 328 g/mol. The van der Waals surface area contributed by atoms with Crippen LogP contribution in [0.15, 0.2) is 42.6 Å². The number of hydrogen-bond donors (Lipinski definition) is 3. The van der Waals surface area contributed by atoms with Gasteiger partial charge in [-0.3, -0.25) is 4.79 Å². The number of fused-ring (bicyclic) bond motifs is 1. The summed E-state index contributed by atoms with van der Waals surface area (Å²) >= 11 is 0. The fraction of sp³-hybridized carbons (Fsp3) is 0.235. The molecule has 2 heterocycles. The smallest absolute Gasteiger partial charge is 0.220 e. The number of hydrogen-bond acceptors (Lipinski definition) is 4. The predicted molar refractivity (Wildman–Crippen MR) is 86.6 cm³/mol. The molecule has 2 aromatic heterocycles. The summed E-state index contributed by atoms with van der Waals surface area (Å²) < 4.78 is 13.5. The van der Waals surface area contributed by atoms with Crippen LogP contribution in [0.4, 0.5) is 4.39 Å². The summed E-state index contributed by atoms with van der Waals surface area (Å²) in [6.07, 6.45) is 1.22. The number of aromatic amines is 1. The van der Waals surface area contributed by atoms with Crippen molar-refractivity contribution in [2.45, 2.75) is 18.9 Å². The summed E-state index contributed by atoms with van der Waals surface area (Å²) in [5.74, 6) is -0.0543. The third-order valence-corrected chi connectivity index (χ3v) is 3.65. The van der Waals surface area contributed by atoms with Gasteiger partial charge in [0.05, 0.1) is 11.6 Å². The first-order valence-corrected chi connectivity index (χ1v) is 7.62. The molecule has 0 bridgehead atoms. The Balaban J connectivity index is 1.50. The molecule has 0 saturated carbocycles. The zero-order valence-corrected chi connectivity index (χ0v) is 12.9. The molecule has 0 spiro atoms. The lowest BCUT2D eigenvalue weighted by Gasteiger charge is -2.12. The first kappa shape index (κ1) is 16.1. The van der Waals surface area contributed by atoms with E-state index in [1.54, 1.807) is 24.4 Å². The third kappa shape index (κ3) is 3.75. The predicted octanol–water partition coefficient (Wildman–Crippen LogP) is 1.88. The van der Waals surface area contributed by atoms with Gasteiger partial charge in [-0.15, -0.1) is 0 Å². The largest absolute Gasteiger partial charge is 0.386 e. The summed E-state index contributed by atoms with van der Waals surface area (Å²) in [6, 6.07) is 9.62. The highest BCUT2D eigenvalue weighted by Gasteiger charge is 2.13. The molecule has 0 aliphatic heterocycles. The Hall–Kier alpha value is -2.80. The Kier molecular flexibility index (Phi) is 4.81. The Bertz CT molecular complexity index is 816. The Morgan fingerprint density at radius 1 is 1.29 bits per heavy atom. The van der Waals surface area contributed by atoms with Crippen LogP contribution in [-0.4, -0.2) is 32.5 Å². The van der Waals surface area contributed by atoms with Gasteiger partial charge in [-0.05, 0) is 18.2 Å².